The predicted octanol–water partition coefficient (Wildman–Crippen LogP) is 6.91. The summed E-state index contributed by atoms with van der Waals surface area (Å²) < 4.78 is 5.76. The van der Waals surface area contributed by atoms with Crippen LogP contribution in [0.3, 0.4) is 0 Å². The van der Waals surface area contributed by atoms with Crippen LogP contribution in [0.15, 0.2) is 71.2 Å². The maximum Gasteiger partial charge on any atom is 0.250 e. The minimum atomic E-state index is -0.339. The molecule has 4 aromatic rings. The molecule has 0 saturated heterocycles. The summed E-state index contributed by atoms with van der Waals surface area (Å²) in [5.41, 5.74) is 3.70. The number of benzene rings is 3. The summed E-state index contributed by atoms with van der Waals surface area (Å²) in [6.45, 7) is 0. The Morgan fingerprint density at radius 1 is 1.00 bits per heavy atom. The average molecular weight is 517 g/mol. The van der Waals surface area contributed by atoms with Gasteiger partial charge >= 0.3 is 0 Å². The molecule has 0 radical (unpaired) electrons. The van der Waals surface area contributed by atoms with Crippen molar-refractivity contribution >= 4 is 80.9 Å². The molecule has 0 aliphatic carbocycles. The first-order valence-corrected chi connectivity index (χ1v) is 11.3. The van der Waals surface area contributed by atoms with E-state index in [1.807, 2.05) is 36.4 Å². The number of hydrogen-bond donors (Lipinski definition) is 2. The van der Waals surface area contributed by atoms with E-state index >= 15 is 0 Å². The zero-order valence-corrected chi connectivity index (χ0v) is 20.0. The quantitative estimate of drug-likeness (QED) is 0.223. The van der Waals surface area contributed by atoms with E-state index < -0.39 is 0 Å². The molecule has 1 amide bonds. The molecular formula is C24H16Cl3N3O2S. The fourth-order valence-electron chi connectivity index (χ4n) is 3.02. The Kier molecular flexibility index (Phi) is 7.30. The van der Waals surface area contributed by atoms with Crippen molar-refractivity contribution in [1.29, 1.82) is 0 Å². The number of halogens is 3. The highest BCUT2D eigenvalue weighted by atomic mass is 35.5. The van der Waals surface area contributed by atoms with Gasteiger partial charge in [0.1, 0.15) is 5.52 Å². The number of nitrogens with zero attached hydrogens (tertiary/aromatic N) is 1. The molecule has 0 atom stereocenters. The van der Waals surface area contributed by atoms with Crippen molar-refractivity contribution < 1.29 is 9.21 Å². The van der Waals surface area contributed by atoms with Gasteiger partial charge in [0.15, 0.2) is 16.6 Å². The normalized spacial score (nSPS) is 11.1. The molecule has 0 bridgehead atoms. The Morgan fingerprint density at radius 2 is 1.73 bits per heavy atom. The Morgan fingerprint density at radius 3 is 2.45 bits per heavy atom. The molecule has 166 valence electrons. The molecule has 1 aromatic heterocycles. The van der Waals surface area contributed by atoms with Gasteiger partial charge in [-0.05, 0) is 65.8 Å². The van der Waals surface area contributed by atoms with E-state index in [0.29, 0.717) is 38.5 Å². The number of nitrogens with one attached hydrogen (secondary N) is 2. The van der Waals surface area contributed by atoms with Gasteiger partial charge in [0.05, 0.1) is 5.02 Å². The van der Waals surface area contributed by atoms with Crippen molar-refractivity contribution in [1.82, 2.24) is 10.3 Å². The summed E-state index contributed by atoms with van der Waals surface area (Å²) in [4.78, 5) is 16.5. The van der Waals surface area contributed by atoms with Crippen LogP contribution >= 0.6 is 47.0 Å². The standard InChI is InChI=1S/C24H16Cl3N3O2S/c25-16-6-1-14(2-7-16)5-10-21(31)30-24(33)28-18-8-3-15(4-9-18)11-22-29-20-13-17(26)12-19(27)23(20)32-22/h1-10,12-13H,11H2,(H2,28,30,31,33)/b10-5+. The highest BCUT2D eigenvalue weighted by Gasteiger charge is 2.11. The summed E-state index contributed by atoms with van der Waals surface area (Å²) in [7, 11) is 0. The number of thiocarbonyl (C=S) groups is 1. The fraction of sp³-hybridized carbons (Fsp3) is 0.0417. The first-order chi connectivity index (χ1) is 15.9. The van der Waals surface area contributed by atoms with E-state index in [0.717, 1.165) is 16.8 Å². The SMILES string of the molecule is O=C(/C=C/c1ccc(Cl)cc1)NC(=S)Nc1ccc(Cc2nc3cc(Cl)cc(Cl)c3o2)cc1. The van der Waals surface area contributed by atoms with Crippen LogP contribution in [-0.4, -0.2) is 16.0 Å². The molecule has 3 aromatic carbocycles. The number of amides is 1. The molecule has 9 heteroatoms. The third kappa shape index (κ3) is 6.33. The lowest BCUT2D eigenvalue weighted by Gasteiger charge is -2.08. The zero-order valence-electron chi connectivity index (χ0n) is 16.9. The van der Waals surface area contributed by atoms with E-state index in [9.17, 15) is 4.79 Å². The van der Waals surface area contributed by atoms with Crippen LogP contribution in [0.2, 0.25) is 15.1 Å². The topological polar surface area (TPSA) is 67.2 Å². The number of anilines is 1. The Bertz CT molecular complexity index is 1350. The second kappa shape index (κ2) is 10.4. The lowest BCUT2D eigenvalue weighted by Crippen LogP contribution is -2.32. The number of fused-ring (bicyclic) bond motifs is 1. The summed E-state index contributed by atoms with van der Waals surface area (Å²) >= 11 is 23.2. The first-order valence-electron chi connectivity index (χ1n) is 9.75. The highest BCUT2D eigenvalue weighted by molar-refractivity contribution is 7.80. The van der Waals surface area contributed by atoms with Gasteiger partial charge in [-0.1, -0.05) is 59.1 Å². The van der Waals surface area contributed by atoms with Gasteiger partial charge in [-0.3, -0.25) is 10.1 Å². The monoisotopic (exact) mass is 515 g/mol. The van der Waals surface area contributed by atoms with Crippen LogP contribution in [0.4, 0.5) is 5.69 Å². The molecule has 5 nitrogen and oxygen atoms in total. The van der Waals surface area contributed by atoms with Crippen molar-refractivity contribution in [2.24, 2.45) is 0 Å². The molecule has 0 aliphatic rings. The van der Waals surface area contributed by atoms with Gasteiger partial charge in [0, 0.05) is 28.2 Å². The molecule has 2 N–H and O–H groups in total. The molecule has 0 saturated carbocycles. The van der Waals surface area contributed by atoms with Crippen LogP contribution in [0.25, 0.3) is 17.2 Å². The number of carbonyl (C=O) groups is 1. The van der Waals surface area contributed by atoms with Crippen molar-refractivity contribution in [3.05, 3.63) is 98.8 Å². The van der Waals surface area contributed by atoms with E-state index in [2.05, 4.69) is 15.6 Å². The van der Waals surface area contributed by atoms with E-state index in [-0.39, 0.29) is 11.0 Å². The van der Waals surface area contributed by atoms with Gasteiger partial charge in [0.25, 0.3) is 0 Å². The van der Waals surface area contributed by atoms with Gasteiger partial charge < -0.3 is 9.73 Å². The Labute approximate surface area is 210 Å². The Hall–Kier alpha value is -2.90. The third-order valence-electron chi connectivity index (χ3n) is 4.55. The largest absolute Gasteiger partial charge is 0.439 e. The van der Waals surface area contributed by atoms with E-state index in [1.165, 1.54) is 6.08 Å². The molecule has 1 heterocycles. The summed E-state index contributed by atoms with van der Waals surface area (Å²) in [5.74, 6) is 0.193. The number of rotatable bonds is 5. The fourth-order valence-corrected chi connectivity index (χ4v) is 3.89. The number of hydrogen-bond acceptors (Lipinski definition) is 4. The molecule has 0 aliphatic heterocycles. The second-order valence-electron chi connectivity index (χ2n) is 7.05. The predicted molar refractivity (Wildman–Crippen MR) is 138 cm³/mol. The molecule has 0 unspecified atom stereocenters. The lowest BCUT2D eigenvalue weighted by atomic mass is 10.1. The van der Waals surface area contributed by atoms with Crippen molar-refractivity contribution in [2.45, 2.75) is 6.42 Å². The average Bonchev–Trinajstić information content (AvgIpc) is 3.17. The van der Waals surface area contributed by atoms with Crippen molar-refractivity contribution in [3.63, 3.8) is 0 Å². The summed E-state index contributed by atoms with van der Waals surface area (Å²) in [6.07, 6.45) is 3.57. The summed E-state index contributed by atoms with van der Waals surface area (Å²) in [6, 6.07) is 18.0. The van der Waals surface area contributed by atoms with Gasteiger partial charge in [-0.25, -0.2) is 4.98 Å². The van der Waals surface area contributed by atoms with Gasteiger partial charge in [0.2, 0.25) is 5.91 Å². The molecule has 0 spiro atoms. The first kappa shape index (κ1) is 23.3. The zero-order chi connectivity index (χ0) is 23.4. The molecule has 33 heavy (non-hydrogen) atoms. The van der Waals surface area contributed by atoms with Crippen molar-refractivity contribution in [2.75, 3.05) is 5.32 Å². The van der Waals surface area contributed by atoms with Crippen LogP contribution in [0, 0.1) is 0 Å². The molecule has 0 fully saturated rings. The van der Waals surface area contributed by atoms with Crippen LogP contribution in [-0.2, 0) is 11.2 Å². The van der Waals surface area contributed by atoms with Gasteiger partial charge in [-0.15, -0.1) is 0 Å². The maximum absolute atomic E-state index is 12.1. The number of oxazole rings is 1. The number of aromatic nitrogens is 1. The van der Waals surface area contributed by atoms with Crippen LogP contribution in [0.1, 0.15) is 17.0 Å². The number of carbonyl (C=O) groups excluding carboxylic acids is 1. The Balaban J connectivity index is 1.32. The van der Waals surface area contributed by atoms with Crippen LogP contribution in [0.5, 0.6) is 0 Å². The minimum absolute atomic E-state index is 0.193. The van der Waals surface area contributed by atoms with Gasteiger partial charge in [-0.2, -0.15) is 0 Å². The van der Waals surface area contributed by atoms with Crippen LogP contribution < -0.4 is 10.6 Å². The molecular weight excluding hydrogens is 501 g/mol. The maximum atomic E-state index is 12.1. The smallest absolute Gasteiger partial charge is 0.250 e. The second-order valence-corrected chi connectivity index (χ2v) is 8.73. The molecule has 4 rings (SSSR count). The van der Waals surface area contributed by atoms with E-state index in [1.54, 1.807) is 30.3 Å². The van der Waals surface area contributed by atoms with Crippen molar-refractivity contribution in [3.8, 4) is 0 Å². The third-order valence-corrected chi connectivity index (χ3v) is 5.51. The summed E-state index contributed by atoms with van der Waals surface area (Å²) in [5, 5.41) is 7.35. The lowest BCUT2D eigenvalue weighted by molar-refractivity contribution is -0.115. The highest BCUT2D eigenvalue weighted by Crippen LogP contribution is 2.29. The minimum Gasteiger partial charge on any atom is -0.439 e. The van der Waals surface area contributed by atoms with E-state index in [4.69, 9.17) is 51.4 Å².